The van der Waals surface area contributed by atoms with Gasteiger partial charge >= 0.3 is 183 Å². The molecular weight excluding hydrogens is 425 g/mol. The van der Waals surface area contributed by atoms with Gasteiger partial charge < -0.3 is 0 Å². The predicted octanol–water partition coefficient (Wildman–Crippen LogP) is 6.94. The van der Waals surface area contributed by atoms with Crippen molar-refractivity contribution in [1.82, 2.24) is 3.38 Å². The predicted molar refractivity (Wildman–Crippen MR) is 115 cm³/mol. The fourth-order valence-corrected chi connectivity index (χ4v) is 8.10. The Morgan fingerprint density at radius 1 is 1.07 bits per heavy atom. The Bertz CT molecular complexity index is 907. The third-order valence-electron chi connectivity index (χ3n) is 5.52. The van der Waals surface area contributed by atoms with Crippen molar-refractivity contribution in [3.8, 4) is 0 Å². The number of carbonyl (C=O) groups is 1. The van der Waals surface area contributed by atoms with Gasteiger partial charge in [0.15, 0.2) is 0 Å². The SMILES string of the molecule is CCCC(=O)[N]([Ti]([Cl])[Cl])C(C)(C)c1ccccc1C1C(C)=Cc2ccccc21. The summed E-state index contributed by atoms with van der Waals surface area (Å²) in [6.07, 6.45) is 3.50. The fourth-order valence-electron chi connectivity index (χ4n) is 4.26. The van der Waals surface area contributed by atoms with Crippen molar-refractivity contribution in [3.05, 3.63) is 76.4 Å². The van der Waals surface area contributed by atoms with Crippen molar-refractivity contribution in [2.45, 2.75) is 52.0 Å². The number of fused-ring (bicyclic) bond motifs is 1. The van der Waals surface area contributed by atoms with Crippen molar-refractivity contribution < 1.29 is 20.8 Å². The first-order valence-corrected chi connectivity index (χ1v) is 14.7. The van der Waals surface area contributed by atoms with Crippen LogP contribution in [-0.2, 0) is 26.3 Å². The summed E-state index contributed by atoms with van der Waals surface area (Å²) < 4.78 is 1.78. The summed E-state index contributed by atoms with van der Waals surface area (Å²) in [6.45, 7) is 8.31. The van der Waals surface area contributed by atoms with Crippen LogP contribution >= 0.6 is 18.6 Å². The van der Waals surface area contributed by atoms with Crippen molar-refractivity contribution in [3.63, 3.8) is 0 Å². The number of hydrogen-bond acceptors (Lipinski definition) is 1. The van der Waals surface area contributed by atoms with Gasteiger partial charge in [-0.25, -0.2) is 0 Å². The third kappa shape index (κ3) is 3.98. The number of hydrogen-bond donors (Lipinski definition) is 0. The van der Waals surface area contributed by atoms with Crippen molar-refractivity contribution in [2.24, 2.45) is 0 Å². The van der Waals surface area contributed by atoms with Crippen molar-refractivity contribution in [1.29, 1.82) is 0 Å². The molecule has 0 aromatic heterocycles. The molecule has 1 aliphatic carbocycles. The van der Waals surface area contributed by atoms with E-state index in [0.717, 1.165) is 12.0 Å². The summed E-state index contributed by atoms with van der Waals surface area (Å²) in [6, 6.07) is 16.9. The third-order valence-corrected chi connectivity index (χ3v) is 8.70. The van der Waals surface area contributed by atoms with Crippen LogP contribution in [-0.4, -0.2) is 9.29 Å². The van der Waals surface area contributed by atoms with Gasteiger partial charge in [-0.05, 0) is 0 Å². The molecule has 3 rings (SSSR count). The minimum atomic E-state index is -2.69. The Morgan fingerprint density at radius 2 is 1.68 bits per heavy atom. The number of benzene rings is 2. The van der Waals surface area contributed by atoms with Crippen molar-refractivity contribution in [2.75, 3.05) is 0 Å². The van der Waals surface area contributed by atoms with Gasteiger partial charge in [-0.15, -0.1) is 0 Å². The summed E-state index contributed by atoms with van der Waals surface area (Å²) in [7, 11) is 12.9. The first-order chi connectivity index (χ1) is 13.3. The second kappa shape index (κ2) is 8.75. The quantitative estimate of drug-likeness (QED) is 0.436. The Morgan fingerprint density at radius 3 is 2.32 bits per heavy atom. The van der Waals surface area contributed by atoms with E-state index in [1.807, 2.05) is 13.0 Å². The van der Waals surface area contributed by atoms with E-state index < -0.39 is 21.5 Å². The molecule has 5 heteroatoms. The van der Waals surface area contributed by atoms with E-state index in [0.29, 0.717) is 6.42 Å². The Hall–Kier alpha value is -1.06. The molecule has 1 unspecified atom stereocenters. The van der Waals surface area contributed by atoms with Gasteiger partial charge in [0.25, 0.3) is 0 Å². The van der Waals surface area contributed by atoms with E-state index in [1.54, 1.807) is 3.38 Å². The van der Waals surface area contributed by atoms with Crippen molar-refractivity contribution >= 4 is 30.6 Å². The van der Waals surface area contributed by atoms with Crippen LogP contribution in [0.3, 0.4) is 0 Å². The molecule has 2 aromatic rings. The second-order valence-corrected chi connectivity index (χ2v) is 13.0. The van der Waals surface area contributed by atoms with Crippen LogP contribution in [0.15, 0.2) is 54.1 Å². The molecule has 0 saturated carbocycles. The Labute approximate surface area is 182 Å². The van der Waals surface area contributed by atoms with Crippen LogP contribution in [0.25, 0.3) is 6.08 Å². The standard InChI is InChI=1S/C23H27NO.2ClH.Ti/c1-5-10-21(25)24-23(3,4)20-14-9-8-13-19(20)22-16(2)15-17-11-6-7-12-18(17)22;;;/h6-9,11-15,22H,5,10H2,1-4H3,(H,24,25);2*1H;/q;;;+3/p-3. The Balaban J connectivity index is 2.12. The summed E-state index contributed by atoms with van der Waals surface area (Å²) in [4.78, 5) is 12.9. The topological polar surface area (TPSA) is 20.3 Å². The maximum atomic E-state index is 12.9. The van der Waals surface area contributed by atoms with Gasteiger partial charge in [-0.2, -0.15) is 0 Å². The van der Waals surface area contributed by atoms with Gasteiger partial charge in [0.05, 0.1) is 0 Å². The average molecular weight is 451 g/mol. The van der Waals surface area contributed by atoms with Crippen LogP contribution in [0.2, 0.25) is 0 Å². The normalized spacial score (nSPS) is 15.8. The molecule has 1 aliphatic rings. The number of halogens is 2. The van der Waals surface area contributed by atoms with Crippen LogP contribution in [0.4, 0.5) is 0 Å². The number of nitrogens with zero attached hydrogens (tertiary/aromatic N) is 1. The van der Waals surface area contributed by atoms with Crippen LogP contribution < -0.4 is 0 Å². The first-order valence-electron chi connectivity index (χ1n) is 9.66. The molecule has 0 N–H and O–H groups in total. The number of carbonyl (C=O) groups excluding carboxylic acids is 1. The summed E-state index contributed by atoms with van der Waals surface area (Å²) in [5.74, 6) is 0.227. The molecular formula is C23H26Cl2NOTi. The molecule has 0 spiro atoms. The molecule has 1 amide bonds. The van der Waals surface area contributed by atoms with Crippen LogP contribution in [0.5, 0.6) is 0 Å². The molecule has 2 nitrogen and oxygen atoms in total. The number of allylic oxidation sites excluding steroid dienone is 1. The molecule has 0 heterocycles. The molecule has 0 aliphatic heterocycles. The molecule has 0 bridgehead atoms. The number of rotatable bonds is 6. The summed E-state index contributed by atoms with van der Waals surface area (Å²) >= 11 is -2.69. The Kier molecular flexibility index (Phi) is 6.77. The van der Waals surface area contributed by atoms with Crippen LogP contribution in [0, 0.1) is 0 Å². The minimum absolute atomic E-state index is 0.0430. The van der Waals surface area contributed by atoms with E-state index in [-0.39, 0.29) is 11.8 Å². The summed E-state index contributed by atoms with van der Waals surface area (Å²) in [5, 5.41) is 0. The maximum absolute atomic E-state index is 12.9. The molecule has 0 fully saturated rings. The van der Waals surface area contributed by atoms with E-state index in [1.165, 1.54) is 22.3 Å². The van der Waals surface area contributed by atoms with Gasteiger partial charge in [-0.3, -0.25) is 0 Å². The van der Waals surface area contributed by atoms with E-state index in [4.69, 9.17) is 18.6 Å². The monoisotopic (exact) mass is 450 g/mol. The average Bonchev–Trinajstić information content (AvgIpc) is 2.97. The van der Waals surface area contributed by atoms with Gasteiger partial charge in [-0.1, -0.05) is 0 Å². The molecule has 147 valence electrons. The zero-order valence-electron chi connectivity index (χ0n) is 16.8. The van der Waals surface area contributed by atoms with Gasteiger partial charge in [0.2, 0.25) is 0 Å². The zero-order valence-corrected chi connectivity index (χ0v) is 19.9. The fraction of sp³-hybridized carbons (Fsp3) is 0.348. The van der Waals surface area contributed by atoms with Gasteiger partial charge in [0.1, 0.15) is 0 Å². The van der Waals surface area contributed by atoms with Crippen LogP contribution in [0.1, 0.15) is 68.7 Å². The van der Waals surface area contributed by atoms with Gasteiger partial charge in [0, 0.05) is 0 Å². The second-order valence-electron chi connectivity index (χ2n) is 7.82. The number of amides is 1. The zero-order chi connectivity index (χ0) is 20.5. The molecule has 0 saturated heterocycles. The molecule has 28 heavy (non-hydrogen) atoms. The first kappa shape index (κ1) is 21.6. The van der Waals surface area contributed by atoms with E-state index in [2.05, 4.69) is 69.3 Å². The van der Waals surface area contributed by atoms with E-state index >= 15 is 0 Å². The van der Waals surface area contributed by atoms with E-state index in [9.17, 15) is 4.79 Å². The molecule has 1 atom stereocenters. The summed E-state index contributed by atoms with van der Waals surface area (Å²) in [5.41, 5.74) is 5.64. The molecule has 2 aromatic carbocycles. The molecule has 0 radical (unpaired) electrons.